The van der Waals surface area contributed by atoms with Crippen LogP contribution in [0.15, 0.2) is 66.7 Å². The van der Waals surface area contributed by atoms with Gasteiger partial charge in [-0.2, -0.15) is 0 Å². The molecule has 4 heteroatoms. The first-order chi connectivity index (χ1) is 14.1. The normalized spacial score (nSPS) is 15.3. The molecule has 29 heavy (non-hydrogen) atoms. The van der Waals surface area contributed by atoms with Crippen molar-refractivity contribution >= 4 is 17.5 Å². The van der Waals surface area contributed by atoms with E-state index in [9.17, 15) is 9.59 Å². The smallest absolute Gasteiger partial charge is 0.258 e. The van der Waals surface area contributed by atoms with Gasteiger partial charge in [-0.05, 0) is 78.4 Å². The van der Waals surface area contributed by atoms with Gasteiger partial charge in [0.05, 0.1) is 6.54 Å². The summed E-state index contributed by atoms with van der Waals surface area (Å²) in [5, 5.41) is 3.05. The largest absolute Gasteiger partial charge is 0.349 e. The maximum absolute atomic E-state index is 12.8. The molecule has 0 aromatic heterocycles. The number of aryl methyl sites for hydroxylation is 1. The summed E-state index contributed by atoms with van der Waals surface area (Å²) in [6.07, 6.45) is 2.14. The molecule has 3 aromatic rings. The summed E-state index contributed by atoms with van der Waals surface area (Å²) in [6.45, 7) is 2.61. The molecular formula is C25H22N2O2. The third kappa shape index (κ3) is 3.31. The molecule has 1 N–H and O–H groups in total. The van der Waals surface area contributed by atoms with Crippen LogP contribution in [0.1, 0.15) is 44.7 Å². The van der Waals surface area contributed by atoms with Crippen molar-refractivity contribution < 1.29 is 9.59 Å². The number of benzene rings is 3. The Morgan fingerprint density at radius 3 is 2.52 bits per heavy atom. The quantitative estimate of drug-likeness (QED) is 0.710. The second-order valence-corrected chi connectivity index (χ2v) is 7.88. The van der Waals surface area contributed by atoms with E-state index in [1.165, 1.54) is 0 Å². The molecule has 5 rings (SSSR count). The molecule has 4 nitrogen and oxygen atoms in total. The van der Waals surface area contributed by atoms with E-state index in [2.05, 4.69) is 11.4 Å². The molecule has 0 radical (unpaired) electrons. The average Bonchev–Trinajstić information content (AvgIpc) is 3.50. The van der Waals surface area contributed by atoms with Crippen LogP contribution in [-0.4, -0.2) is 17.9 Å². The third-order valence-corrected chi connectivity index (χ3v) is 5.70. The van der Waals surface area contributed by atoms with Gasteiger partial charge in [-0.1, -0.05) is 30.3 Å². The van der Waals surface area contributed by atoms with Crippen molar-refractivity contribution in [1.29, 1.82) is 0 Å². The zero-order valence-electron chi connectivity index (χ0n) is 16.3. The number of hydrogen-bond acceptors (Lipinski definition) is 2. The molecule has 0 bridgehead atoms. The molecule has 0 spiro atoms. The lowest BCUT2D eigenvalue weighted by Gasteiger charge is -2.15. The average molecular weight is 382 g/mol. The highest BCUT2D eigenvalue weighted by Crippen LogP contribution is 2.33. The summed E-state index contributed by atoms with van der Waals surface area (Å²) in [6, 6.07) is 21.9. The Balaban J connectivity index is 1.47. The molecule has 1 aliphatic carbocycles. The van der Waals surface area contributed by atoms with Gasteiger partial charge in [0, 0.05) is 22.9 Å². The molecular weight excluding hydrogens is 360 g/mol. The number of hydrogen-bond donors (Lipinski definition) is 1. The number of anilines is 1. The summed E-state index contributed by atoms with van der Waals surface area (Å²) >= 11 is 0. The summed E-state index contributed by atoms with van der Waals surface area (Å²) in [5.41, 5.74) is 6.52. The van der Waals surface area contributed by atoms with Crippen LogP contribution in [0.3, 0.4) is 0 Å². The van der Waals surface area contributed by atoms with E-state index >= 15 is 0 Å². The highest BCUT2D eigenvalue weighted by Gasteiger charge is 2.29. The first-order valence-electron chi connectivity index (χ1n) is 10.0. The zero-order valence-corrected chi connectivity index (χ0v) is 16.3. The van der Waals surface area contributed by atoms with Crippen LogP contribution in [0.25, 0.3) is 11.1 Å². The van der Waals surface area contributed by atoms with E-state index in [1.54, 1.807) is 4.90 Å². The van der Waals surface area contributed by atoms with E-state index in [0.717, 1.165) is 46.3 Å². The summed E-state index contributed by atoms with van der Waals surface area (Å²) in [7, 11) is 0. The van der Waals surface area contributed by atoms with Crippen molar-refractivity contribution in [3.8, 4) is 11.1 Å². The summed E-state index contributed by atoms with van der Waals surface area (Å²) < 4.78 is 0. The molecule has 1 heterocycles. The highest BCUT2D eigenvalue weighted by molar-refractivity contribution is 6.10. The van der Waals surface area contributed by atoms with Gasteiger partial charge in [-0.25, -0.2) is 0 Å². The van der Waals surface area contributed by atoms with E-state index in [1.807, 2.05) is 67.6 Å². The van der Waals surface area contributed by atoms with Crippen molar-refractivity contribution in [3.63, 3.8) is 0 Å². The lowest BCUT2D eigenvalue weighted by molar-refractivity contribution is 0.0949. The SMILES string of the molecule is Cc1ccc(C(=O)NC2CC2)cc1-c1ccc2c(c1)CN(c1ccccc1)C2=O. The summed E-state index contributed by atoms with van der Waals surface area (Å²) in [4.78, 5) is 27.1. The van der Waals surface area contributed by atoms with Gasteiger partial charge < -0.3 is 10.2 Å². The Hall–Kier alpha value is -3.40. The molecule has 0 unspecified atom stereocenters. The van der Waals surface area contributed by atoms with E-state index in [0.29, 0.717) is 18.2 Å². The number of nitrogens with one attached hydrogen (secondary N) is 1. The van der Waals surface area contributed by atoms with Crippen LogP contribution in [0.4, 0.5) is 5.69 Å². The molecule has 1 fully saturated rings. The minimum absolute atomic E-state index is 0.0136. The maximum Gasteiger partial charge on any atom is 0.258 e. The first kappa shape index (κ1) is 17.7. The molecule has 0 saturated heterocycles. The van der Waals surface area contributed by atoms with E-state index in [4.69, 9.17) is 0 Å². The van der Waals surface area contributed by atoms with E-state index in [-0.39, 0.29) is 11.8 Å². The maximum atomic E-state index is 12.8. The van der Waals surface area contributed by atoms with Crippen LogP contribution >= 0.6 is 0 Å². The van der Waals surface area contributed by atoms with Crippen LogP contribution in [0, 0.1) is 6.92 Å². The minimum atomic E-state index is -0.0136. The molecule has 2 aliphatic rings. The fraction of sp³-hybridized carbons (Fsp3) is 0.200. The predicted octanol–water partition coefficient (Wildman–Crippen LogP) is 4.71. The first-order valence-corrected chi connectivity index (χ1v) is 10.0. The van der Waals surface area contributed by atoms with Gasteiger partial charge in [0.2, 0.25) is 0 Å². The van der Waals surface area contributed by atoms with Crippen molar-refractivity contribution in [3.05, 3.63) is 89.0 Å². The Labute approximate surface area is 170 Å². The number of carbonyl (C=O) groups is 2. The Morgan fingerprint density at radius 1 is 0.966 bits per heavy atom. The fourth-order valence-corrected chi connectivity index (χ4v) is 3.88. The highest BCUT2D eigenvalue weighted by atomic mass is 16.2. The van der Waals surface area contributed by atoms with Crippen molar-refractivity contribution in [1.82, 2.24) is 5.32 Å². The van der Waals surface area contributed by atoms with Crippen molar-refractivity contribution in [2.24, 2.45) is 0 Å². The number of carbonyl (C=O) groups excluding carboxylic acids is 2. The second-order valence-electron chi connectivity index (χ2n) is 7.88. The van der Waals surface area contributed by atoms with Crippen molar-refractivity contribution in [2.45, 2.75) is 32.4 Å². The summed E-state index contributed by atoms with van der Waals surface area (Å²) in [5.74, 6) is 0.0207. The third-order valence-electron chi connectivity index (χ3n) is 5.70. The number of fused-ring (bicyclic) bond motifs is 1. The Bertz CT molecular complexity index is 1120. The molecule has 1 saturated carbocycles. The van der Waals surface area contributed by atoms with Crippen LogP contribution in [0.2, 0.25) is 0 Å². The lowest BCUT2D eigenvalue weighted by Crippen LogP contribution is -2.25. The molecule has 0 atom stereocenters. The molecule has 144 valence electrons. The van der Waals surface area contributed by atoms with E-state index < -0.39 is 0 Å². The van der Waals surface area contributed by atoms with Gasteiger partial charge in [0.15, 0.2) is 0 Å². The lowest BCUT2D eigenvalue weighted by atomic mass is 9.95. The molecule has 1 aliphatic heterocycles. The molecule has 2 amide bonds. The van der Waals surface area contributed by atoms with Gasteiger partial charge >= 0.3 is 0 Å². The standard InChI is InChI=1S/C25H22N2O2/c1-16-7-8-18(24(28)26-20-10-11-20)14-23(16)17-9-12-22-19(13-17)15-27(25(22)29)21-5-3-2-4-6-21/h2-9,12-14,20H,10-11,15H2,1H3,(H,26,28). The Morgan fingerprint density at radius 2 is 1.76 bits per heavy atom. The van der Waals surface area contributed by atoms with Crippen molar-refractivity contribution in [2.75, 3.05) is 4.90 Å². The number of nitrogens with zero attached hydrogens (tertiary/aromatic N) is 1. The number of amides is 2. The van der Waals surface area contributed by atoms with Crippen LogP contribution < -0.4 is 10.2 Å². The van der Waals surface area contributed by atoms with Gasteiger partial charge in [0.1, 0.15) is 0 Å². The molecule has 3 aromatic carbocycles. The Kier molecular flexibility index (Phi) is 4.20. The fourth-order valence-electron chi connectivity index (χ4n) is 3.88. The van der Waals surface area contributed by atoms with Crippen LogP contribution in [0.5, 0.6) is 0 Å². The monoisotopic (exact) mass is 382 g/mol. The number of para-hydroxylation sites is 1. The zero-order chi connectivity index (χ0) is 20.0. The predicted molar refractivity (Wildman–Crippen MR) is 114 cm³/mol. The van der Waals surface area contributed by atoms with Gasteiger partial charge in [-0.3, -0.25) is 9.59 Å². The van der Waals surface area contributed by atoms with Gasteiger partial charge in [0.25, 0.3) is 11.8 Å². The number of rotatable bonds is 4. The topological polar surface area (TPSA) is 49.4 Å². The minimum Gasteiger partial charge on any atom is -0.349 e. The second kappa shape index (κ2) is 6.89. The van der Waals surface area contributed by atoms with Crippen LogP contribution in [-0.2, 0) is 6.54 Å². The van der Waals surface area contributed by atoms with Gasteiger partial charge in [-0.15, -0.1) is 0 Å².